The van der Waals surface area contributed by atoms with Gasteiger partial charge in [-0.25, -0.2) is 0 Å². The standard InChI is InChI=1S/C90H52B2N4O2/c1-5-23-53(24-6-1)57-43-58(54-25-7-2-8-26-54)46-61(45-57)93-75-39-21-35-67-85-83-66-34-14-18-38-74(66)96-90(83)86(84-65-33-13-17-37-73(65)95(89(84)85)91(87(67)75)71-49-69-63-31-15-19-41-79(63)97-81(69)51-77(71)93)68-36-22-40-76-88(68)92(96)72-50-70-64-32-16-20-42-80(64)98-82(70)52-78(72)94(76)62-47-59(55-27-9-3-10-28-55)44-60(48-62)56-29-11-4-12-30-56/h1-52H. The zero-order valence-corrected chi connectivity index (χ0v) is 52.8. The van der Waals surface area contributed by atoms with Crippen molar-refractivity contribution in [1.29, 1.82) is 0 Å². The molecule has 98 heavy (non-hydrogen) atoms. The number of para-hydroxylation sites is 4. The number of nitrogens with zero attached hydrogens (tertiary/aromatic N) is 4. The highest BCUT2D eigenvalue weighted by Crippen LogP contribution is 2.57. The second-order valence-corrected chi connectivity index (χ2v) is 26.9. The second-order valence-electron chi connectivity index (χ2n) is 26.9. The SMILES string of the molecule is c1ccc(-c2cc(-c3ccccc3)cc(N3c4cc5oc6ccccc6c5cc4B4c5c(cccc53)-c3c5c6ccccc6n6c5c(c5c7ccccc7n4c35)-c3cccc4c3B6c3cc5c(cc3N4c3cc(-c4ccccc4)cc(-c4ccccc4)c3)oc3ccccc35)c2)cc1. The van der Waals surface area contributed by atoms with Crippen LogP contribution in [0.4, 0.5) is 34.1 Å². The Balaban J connectivity index is 0.862. The Hall–Kier alpha value is -12.8. The van der Waals surface area contributed by atoms with Crippen LogP contribution in [-0.2, 0) is 0 Å². The lowest BCUT2D eigenvalue weighted by Crippen LogP contribution is -2.57. The average molecular weight is 1240 g/mol. The molecular weight excluding hydrogens is 1190 g/mol. The molecule has 0 fully saturated rings. The number of benzene rings is 15. The molecule has 4 aliphatic heterocycles. The summed E-state index contributed by atoms with van der Waals surface area (Å²) in [6.45, 7) is -0.480. The number of furan rings is 2. The lowest BCUT2D eigenvalue weighted by molar-refractivity contribution is 0.668. The number of anilines is 6. The minimum absolute atomic E-state index is 0.240. The Morgan fingerprint density at radius 3 is 0.980 bits per heavy atom. The van der Waals surface area contributed by atoms with Gasteiger partial charge in [-0.15, -0.1) is 0 Å². The van der Waals surface area contributed by atoms with Gasteiger partial charge in [0.25, 0.3) is 0 Å². The average Bonchev–Trinajstić information content (AvgIpc) is 1.44. The fourth-order valence-electron chi connectivity index (χ4n) is 18.0. The zero-order valence-electron chi connectivity index (χ0n) is 52.8. The molecule has 6 nitrogen and oxygen atoms in total. The predicted molar refractivity (Wildman–Crippen MR) is 410 cm³/mol. The predicted octanol–water partition coefficient (Wildman–Crippen LogP) is 21.2. The third-order valence-corrected chi connectivity index (χ3v) is 21.9. The third kappa shape index (κ3) is 7.02. The van der Waals surface area contributed by atoms with Crippen LogP contribution in [0.1, 0.15) is 0 Å². The molecule has 0 saturated carbocycles. The third-order valence-electron chi connectivity index (χ3n) is 21.9. The number of fused-ring (bicyclic) bond motifs is 22. The van der Waals surface area contributed by atoms with Gasteiger partial charge in [0.05, 0.1) is 0 Å². The summed E-state index contributed by atoms with van der Waals surface area (Å²) in [6, 6.07) is 117. The van der Waals surface area contributed by atoms with E-state index < -0.39 is 0 Å². The van der Waals surface area contributed by atoms with Crippen molar-refractivity contribution < 1.29 is 8.83 Å². The van der Waals surface area contributed by atoms with E-state index >= 15 is 0 Å². The van der Waals surface area contributed by atoms with Gasteiger partial charge in [-0.1, -0.05) is 231 Å². The van der Waals surface area contributed by atoms with E-state index in [2.05, 4.69) is 334 Å². The number of hydrogen-bond donors (Lipinski definition) is 0. The van der Waals surface area contributed by atoms with Gasteiger partial charge >= 0.3 is 13.7 Å². The van der Waals surface area contributed by atoms with Crippen molar-refractivity contribution in [2.45, 2.75) is 0 Å². The fraction of sp³-hybridized carbons (Fsp3) is 0. The van der Waals surface area contributed by atoms with Crippen molar-refractivity contribution in [2.75, 3.05) is 9.80 Å². The highest BCUT2D eigenvalue weighted by Gasteiger charge is 2.49. The molecule has 8 heterocycles. The van der Waals surface area contributed by atoms with E-state index in [-0.39, 0.29) is 13.7 Å². The monoisotopic (exact) mass is 1240 g/mol. The van der Waals surface area contributed by atoms with Crippen LogP contribution in [0.3, 0.4) is 0 Å². The maximum Gasteiger partial charge on any atom is 0.333 e. The number of aromatic nitrogens is 2. The van der Waals surface area contributed by atoms with Gasteiger partial charge in [0.1, 0.15) is 22.3 Å². The van der Waals surface area contributed by atoms with E-state index in [1.807, 2.05) is 0 Å². The van der Waals surface area contributed by atoms with Gasteiger partial charge in [0.2, 0.25) is 0 Å². The van der Waals surface area contributed by atoms with Crippen LogP contribution in [0.2, 0.25) is 0 Å². The van der Waals surface area contributed by atoms with Gasteiger partial charge in [0, 0.05) is 123 Å². The lowest BCUT2D eigenvalue weighted by atomic mass is 9.44. The van der Waals surface area contributed by atoms with E-state index in [0.29, 0.717) is 0 Å². The summed E-state index contributed by atoms with van der Waals surface area (Å²) >= 11 is 0. The maximum absolute atomic E-state index is 6.95. The molecule has 19 aromatic rings. The summed E-state index contributed by atoms with van der Waals surface area (Å²) in [5.74, 6) is 0. The summed E-state index contributed by atoms with van der Waals surface area (Å²) < 4.78 is 19.4. The van der Waals surface area contributed by atoms with Crippen LogP contribution < -0.4 is 31.7 Å². The first-order valence-corrected chi connectivity index (χ1v) is 33.9. The summed E-state index contributed by atoms with van der Waals surface area (Å²) in [6.07, 6.45) is 0. The summed E-state index contributed by atoms with van der Waals surface area (Å²) in [4.78, 5) is 5.12. The molecule has 0 atom stereocenters. The molecule has 8 heteroatoms. The Bertz CT molecular complexity index is 6190. The molecule has 0 unspecified atom stereocenters. The Kier molecular flexibility index (Phi) is 10.4. The molecule has 0 radical (unpaired) electrons. The molecule has 0 spiro atoms. The van der Waals surface area contributed by atoms with Crippen LogP contribution in [0.15, 0.2) is 324 Å². The second kappa shape index (κ2) is 19.4. The Morgan fingerprint density at radius 1 is 0.245 bits per heavy atom. The molecule has 15 aromatic carbocycles. The van der Waals surface area contributed by atoms with Crippen molar-refractivity contribution >= 4 is 157 Å². The van der Waals surface area contributed by atoms with Crippen molar-refractivity contribution in [1.82, 2.24) is 8.96 Å². The minimum atomic E-state index is -0.240. The van der Waals surface area contributed by atoms with Crippen LogP contribution in [0, 0.1) is 0 Å². The van der Waals surface area contributed by atoms with Crippen molar-refractivity contribution in [2.24, 2.45) is 0 Å². The molecule has 23 rings (SSSR count). The van der Waals surface area contributed by atoms with Crippen LogP contribution in [-0.4, -0.2) is 22.7 Å². The molecular formula is C90H52B2N4O2. The topological polar surface area (TPSA) is 42.6 Å². The highest BCUT2D eigenvalue weighted by atomic mass is 16.3. The van der Waals surface area contributed by atoms with E-state index in [9.17, 15) is 0 Å². The summed E-state index contributed by atoms with van der Waals surface area (Å²) in [5, 5.41) is 9.41. The lowest BCUT2D eigenvalue weighted by Gasteiger charge is -2.42. The van der Waals surface area contributed by atoms with Crippen LogP contribution in [0.5, 0.6) is 0 Å². The minimum Gasteiger partial charge on any atom is -0.456 e. The van der Waals surface area contributed by atoms with Crippen molar-refractivity contribution in [3.63, 3.8) is 0 Å². The maximum atomic E-state index is 6.95. The molecule has 4 aliphatic rings. The smallest absolute Gasteiger partial charge is 0.333 e. The quantitative estimate of drug-likeness (QED) is 0.156. The number of rotatable bonds is 6. The van der Waals surface area contributed by atoms with E-state index in [1.54, 1.807) is 0 Å². The first-order valence-electron chi connectivity index (χ1n) is 33.9. The largest absolute Gasteiger partial charge is 0.456 e. The Morgan fingerprint density at radius 2 is 0.592 bits per heavy atom. The van der Waals surface area contributed by atoms with Crippen molar-refractivity contribution in [3.8, 4) is 66.8 Å². The fourth-order valence-corrected chi connectivity index (χ4v) is 18.0. The summed E-state index contributed by atoms with van der Waals surface area (Å²) in [7, 11) is 0. The first kappa shape index (κ1) is 52.6. The zero-order chi connectivity index (χ0) is 63.6. The molecule has 0 N–H and O–H groups in total. The summed E-state index contributed by atoms with van der Waals surface area (Å²) in [5.41, 5.74) is 34.2. The highest BCUT2D eigenvalue weighted by molar-refractivity contribution is 6.92. The van der Waals surface area contributed by atoms with Gasteiger partial charge < -0.3 is 27.6 Å². The number of hydrogen-bond acceptors (Lipinski definition) is 4. The molecule has 0 saturated heterocycles. The Labute approximate surface area is 563 Å². The van der Waals surface area contributed by atoms with Crippen LogP contribution >= 0.6 is 0 Å². The van der Waals surface area contributed by atoms with E-state index in [0.717, 1.165) is 123 Å². The molecule has 0 aliphatic carbocycles. The molecule has 450 valence electrons. The van der Waals surface area contributed by atoms with Gasteiger partial charge in [0.15, 0.2) is 0 Å². The molecule has 0 amide bonds. The molecule has 4 aromatic heterocycles. The van der Waals surface area contributed by atoms with Gasteiger partial charge in [-0.05, 0) is 150 Å². The van der Waals surface area contributed by atoms with Crippen LogP contribution in [0.25, 0.3) is 154 Å². The van der Waals surface area contributed by atoms with Gasteiger partial charge in [-0.3, -0.25) is 0 Å². The van der Waals surface area contributed by atoms with E-state index in [1.165, 1.54) is 87.7 Å². The normalized spacial score (nSPS) is 13.2. The van der Waals surface area contributed by atoms with E-state index in [4.69, 9.17) is 8.83 Å². The molecule has 0 bridgehead atoms. The van der Waals surface area contributed by atoms with Crippen molar-refractivity contribution in [3.05, 3.63) is 315 Å². The van der Waals surface area contributed by atoms with Gasteiger partial charge in [-0.2, -0.15) is 0 Å². The first-order chi connectivity index (χ1) is 48.6.